The van der Waals surface area contributed by atoms with Gasteiger partial charge in [0.1, 0.15) is 5.92 Å². The summed E-state index contributed by atoms with van der Waals surface area (Å²) in [6.07, 6.45) is 4.67. The number of piperidine rings is 1. The van der Waals surface area contributed by atoms with E-state index in [2.05, 4.69) is 17.1 Å². The van der Waals surface area contributed by atoms with Crippen LogP contribution in [0.1, 0.15) is 53.4 Å². The number of amides is 1. The molecular weight excluding hydrogens is 268 g/mol. The first-order chi connectivity index (χ1) is 9.73. The quantitative estimate of drug-likeness (QED) is 0.582. The molecule has 1 amide bonds. The van der Waals surface area contributed by atoms with Gasteiger partial charge in [0.15, 0.2) is 0 Å². The van der Waals surface area contributed by atoms with Crippen LogP contribution in [-0.4, -0.2) is 47.6 Å². The molecule has 0 saturated carbocycles. The number of carbonyl (C=O) groups excluding carboxylic acids is 1. The van der Waals surface area contributed by atoms with Crippen molar-refractivity contribution >= 4 is 11.9 Å². The van der Waals surface area contributed by atoms with Crippen LogP contribution in [0.4, 0.5) is 0 Å². The lowest BCUT2D eigenvalue weighted by Crippen LogP contribution is -2.44. The van der Waals surface area contributed by atoms with Gasteiger partial charge in [-0.05, 0) is 38.1 Å². The van der Waals surface area contributed by atoms with Crippen LogP contribution in [0.5, 0.6) is 0 Å². The van der Waals surface area contributed by atoms with Gasteiger partial charge in [-0.1, -0.05) is 27.2 Å². The second-order valence-electron chi connectivity index (χ2n) is 7.16. The maximum absolute atomic E-state index is 12.0. The van der Waals surface area contributed by atoms with E-state index >= 15 is 0 Å². The predicted octanol–water partition coefficient (Wildman–Crippen LogP) is 2.11. The summed E-state index contributed by atoms with van der Waals surface area (Å²) >= 11 is 0. The average Bonchev–Trinajstić information content (AvgIpc) is 2.34. The van der Waals surface area contributed by atoms with Crippen LogP contribution in [0.15, 0.2) is 0 Å². The minimum atomic E-state index is -1.05. The van der Waals surface area contributed by atoms with Crippen LogP contribution in [0.2, 0.25) is 0 Å². The van der Waals surface area contributed by atoms with E-state index in [0.717, 1.165) is 19.5 Å². The molecule has 1 aliphatic heterocycles. The molecule has 2 atom stereocenters. The standard InChI is InChI=1S/C16H30N2O3/c1-12-8-5-6-10-18(12)11-7-9-17-14(19)13(15(20)21)16(2,3)4/h12-13H,5-11H2,1-4H3,(H,17,19)(H,20,21). The molecule has 1 rings (SSSR count). The van der Waals surface area contributed by atoms with Crippen molar-refractivity contribution in [3.8, 4) is 0 Å². The minimum Gasteiger partial charge on any atom is -0.481 e. The Morgan fingerprint density at radius 1 is 1.33 bits per heavy atom. The lowest BCUT2D eigenvalue weighted by atomic mass is 9.80. The zero-order valence-electron chi connectivity index (χ0n) is 13.8. The van der Waals surface area contributed by atoms with Gasteiger partial charge < -0.3 is 15.3 Å². The molecule has 1 aliphatic rings. The zero-order chi connectivity index (χ0) is 16.0. The molecule has 1 heterocycles. The smallest absolute Gasteiger partial charge is 0.316 e. The lowest BCUT2D eigenvalue weighted by Gasteiger charge is -2.33. The van der Waals surface area contributed by atoms with Crippen molar-refractivity contribution in [2.24, 2.45) is 11.3 Å². The second kappa shape index (κ2) is 7.78. The zero-order valence-corrected chi connectivity index (χ0v) is 13.8. The Balaban J connectivity index is 2.34. The number of carboxylic acid groups (broad SMARTS) is 1. The molecular formula is C16H30N2O3. The fourth-order valence-electron chi connectivity index (χ4n) is 2.96. The molecule has 122 valence electrons. The molecule has 1 fully saturated rings. The Kier molecular flexibility index (Phi) is 6.65. The number of rotatable bonds is 6. The number of hydrogen-bond acceptors (Lipinski definition) is 3. The van der Waals surface area contributed by atoms with Crippen LogP contribution in [0.3, 0.4) is 0 Å². The topological polar surface area (TPSA) is 69.6 Å². The number of likely N-dealkylation sites (tertiary alicyclic amines) is 1. The number of nitrogens with one attached hydrogen (secondary N) is 1. The monoisotopic (exact) mass is 298 g/mol. The summed E-state index contributed by atoms with van der Waals surface area (Å²) in [4.78, 5) is 25.7. The summed E-state index contributed by atoms with van der Waals surface area (Å²) in [6.45, 7) is 10.2. The molecule has 1 saturated heterocycles. The highest BCUT2D eigenvalue weighted by molar-refractivity contribution is 5.97. The average molecular weight is 298 g/mol. The third kappa shape index (κ3) is 5.65. The van der Waals surface area contributed by atoms with Gasteiger partial charge in [0.05, 0.1) is 0 Å². The predicted molar refractivity (Wildman–Crippen MR) is 83.1 cm³/mol. The normalized spacial score (nSPS) is 21.8. The summed E-state index contributed by atoms with van der Waals surface area (Å²) in [5.74, 6) is -2.42. The van der Waals surface area contributed by atoms with Crippen molar-refractivity contribution in [2.75, 3.05) is 19.6 Å². The van der Waals surface area contributed by atoms with E-state index in [1.807, 2.05) is 0 Å². The molecule has 2 unspecified atom stereocenters. The maximum atomic E-state index is 12.0. The molecule has 0 aromatic rings. The van der Waals surface area contributed by atoms with Gasteiger partial charge >= 0.3 is 5.97 Å². The summed E-state index contributed by atoms with van der Waals surface area (Å²) < 4.78 is 0. The lowest BCUT2D eigenvalue weighted by molar-refractivity contribution is -0.151. The van der Waals surface area contributed by atoms with E-state index in [1.54, 1.807) is 20.8 Å². The molecule has 0 aliphatic carbocycles. The Hall–Kier alpha value is -1.10. The van der Waals surface area contributed by atoms with Crippen LogP contribution in [0.25, 0.3) is 0 Å². The number of carboxylic acids is 1. The summed E-state index contributed by atoms with van der Waals surface area (Å²) in [6, 6.07) is 0.621. The molecule has 5 heteroatoms. The largest absolute Gasteiger partial charge is 0.481 e. The number of nitrogens with zero attached hydrogens (tertiary/aromatic N) is 1. The van der Waals surface area contributed by atoms with Crippen LogP contribution < -0.4 is 5.32 Å². The summed E-state index contributed by atoms with van der Waals surface area (Å²) in [7, 11) is 0. The van der Waals surface area contributed by atoms with E-state index in [9.17, 15) is 14.7 Å². The van der Waals surface area contributed by atoms with Crippen LogP contribution in [-0.2, 0) is 9.59 Å². The highest BCUT2D eigenvalue weighted by Gasteiger charge is 2.37. The van der Waals surface area contributed by atoms with E-state index in [-0.39, 0.29) is 5.91 Å². The first kappa shape index (κ1) is 18.0. The highest BCUT2D eigenvalue weighted by atomic mass is 16.4. The van der Waals surface area contributed by atoms with Crippen molar-refractivity contribution in [1.29, 1.82) is 0 Å². The van der Waals surface area contributed by atoms with Crippen molar-refractivity contribution < 1.29 is 14.7 Å². The second-order valence-corrected chi connectivity index (χ2v) is 7.16. The third-order valence-electron chi connectivity index (χ3n) is 4.24. The molecule has 0 radical (unpaired) electrons. The number of aliphatic carboxylic acids is 1. The van der Waals surface area contributed by atoms with Gasteiger partial charge in [0, 0.05) is 19.1 Å². The van der Waals surface area contributed by atoms with Gasteiger partial charge in [0.2, 0.25) is 5.91 Å². The van der Waals surface area contributed by atoms with Gasteiger partial charge in [-0.2, -0.15) is 0 Å². The number of hydrogen-bond donors (Lipinski definition) is 2. The Bertz CT molecular complexity index is 363. The Morgan fingerprint density at radius 3 is 2.52 bits per heavy atom. The molecule has 0 aromatic carbocycles. The summed E-state index contributed by atoms with van der Waals surface area (Å²) in [5.41, 5.74) is -0.572. The molecule has 21 heavy (non-hydrogen) atoms. The van der Waals surface area contributed by atoms with E-state index in [4.69, 9.17) is 0 Å². The first-order valence-electron chi connectivity index (χ1n) is 7.98. The van der Waals surface area contributed by atoms with E-state index in [1.165, 1.54) is 19.3 Å². The van der Waals surface area contributed by atoms with E-state index < -0.39 is 17.3 Å². The SMILES string of the molecule is CC1CCCCN1CCCNC(=O)C(C(=O)O)C(C)(C)C. The van der Waals surface area contributed by atoms with Crippen molar-refractivity contribution in [1.82, 2.24) is 10.2 Å². The molecule has 2 N–H and O–H groups in total. The van der Waals surface area contributed by atoms with Crippen LogP contribution in [0, 0.1) is 11.3 Å². The molecule has 0 bridgehead atoms. The van der Waals surface area contributed by atoms with Gasteiger partial charge in [-0.25, -0.2) is 0 Å². The van der Waals surface area contributed by atoms with Gasteiger partial charge in [0.25, 0.3) is 0 Å². The van der Waals surface area contributed by atoms with Gasteiger partial charge in [-0.3, -0.25) is 9.59 Å². The molecule has 0 spiro atoms. The molecule has 5 nitrogen and oxygen atoms in total. The fraction of sp³-hybridized carbons (Fsp3) is 0.875. The Morgan fingerprint density at radius 2 is 2.00 bits per heavy atom. The maximum Gasteiger partial charge on any atom is 0.316 e. The van der Waals surface area contributed by atoms with Crippen molar-refractivity contribution in [3.63, 3.8) is 0 Å². The third-order valence-corrected chi connectivity index (χ3v) is 4.24. The summed E-state index contributed by atoms with van der Waals surface area (Å²) in [5, 5.41) is 12.0. The molecule has 0 aromatic heterocycles. The highest BCUT2D eigenvalue weighted by Crippen LogP contribution is 2.26. The van der Waals surface area contributed by atoms with Crippen molar-refractivity contribution in [2.45, 2.75) is 59.4 Å². The fourth-order valence-corrected chi connectivity index (χ4v) is 2.96. The van der Waals surface area contributed by atoms with E-state index in [0.29, 0.717) is 12.6 Å². The van der Waals surface area contributed by atoms with Crippen molar-refractivity contribution in [3.05, 3.63) is 0 Å². The first-order valence-corrected chi connectivity index (χ1v) is 7.98. The minimum absolute atomic E-state index is 0.373. The van der Waals surface area contributed by atoms with Gasteiger partial charge in [-0.15, -0.1) is 0 Å². The Labute approximate surface area is 128 Å². The van der Waals surface area contributed by atoms with Crippen LogP contribution >= 0.6 is 0 Å². The number of carbonyl (C=O) groups is 2.